The second kappa shape index (κ2) is 7.40. The van der Waals surface area contributed by atoms with Crippen molar-refractivity contribution in [3.8, 4) is 5.75 Å². The number of methoxy groups -OCH3 is 1. The van der Waals surface area contributed by atoms with E-state index in [1.807, 2.05) is 54.3 Å². The molecule has 6 nitrogen and oxygen atoms in total. The van der Waals surface area contributed by atoms with Crippen molar-refractivity contribution >= 4 is 39.1 Å². The topological polar surface area (TPSA) is 62.7 Å². The highest BCUT2D eigenvalue weighted by Crippen LogP contribution is 2.37. The summed E-state index contributed by atoms with van der Waals surface area (Å²) in [5.41, 5.74) is 2.82. The summed E-state index contributed by atoms with van der Waals surface area (Å²) < 4.78 is 6.50. The van der Waals surface area contributed by atoms with E-state index < -0.39 is 0 Å². The molecule has 2 fully saturated rings. The zero-order valence-electron chi connectivity index (χ0n) is 17.0. The smallest absolute Gasteiger partial charge is 0.250 e. The Morgan fingerprint density at radius 3 is 2.90 bits per heavy atom. The molecule has 2 aromatic carbocycles. The molecule has 2 atom stereocenters. The molecule has 2 amide bonds. The molecule has 2 aliphatic heterocycles. The maximum Gasteiger partial charge on any atom is 0.250 e. The first-order valence-corrected chi connectivity index (χ1v) is 11.0. The Kier molecular flexibility index (Phi) is 4.70. The quantitative estimate of drug-likeness (QED) is 0.632. The van der Waals surface area contributed by atoms with Crippen LogP contribution in [0.2, 0.25) is 0 Å². The van der Waals surface area contributed by atoms with Crippen molar-refractivity contribution in [1.29, 1.82) is 0 Å². The zero-order valence-corrected chi connectivity index (χ0v) is 17.8. The average Bonchev–Trinajstić information content (AvgIpc) is 3.43. The number of ether oxygens (including phenoxy) is 1. The van der Waals surface area contributed by atoms with Crippen LogP contribution in [0.3, 0.4) is 0 Å². The number of carbonyl (C=O) groups excluding carboxylic acids is 2. The molecular weight excluding hydrogens is 398 g/mol. The first-order chi connectivity index (χ1) is 14.5. The van der Waals surface area contributed by atoms with E-state index >= 15 is 0 Å². The summed E-state index contributed by atoms with van der Waals surface area (Å²) in [4.78, 5) is 34.2. The zero-order chi connectivity index (χ0) is 20.8. The predicted molar refractivity (Wildman–Crippen MR) is 117 cm³/mol. The third kappa shape index (κ3) is 3.13. The van der Waals surface area contributed by atoms with Crippen LogP contribution in [0.15, 0.2) is 42.5 Å². The third-order valence-corrected chi connectivity index (χ3v) is 7.00. The summed E-state index contributed by atoms with van der Waals surface area (Å²) in [6.45, 7) is 2.58. The number of hydrogen-bond acceptors (Lipinski definition) is 5. The van der Waals surface area contributed by atoms with Gasteiger partial charge < -0.3 is 14.5 Å². The molecule has 154 valence electrons. The number of hydrogen-bond donors (Lipinski definition) is 0. The van der Waals surface area contributed by atoms with Crippen LogP contribution in [0.5, 0.6) is 5.75 Å². The summed E-state index contributed by atoms with van der Waals surface area (Å²) in [5, 5.41) is 1.02. The number of aromatic nitrogens is 1. The molecule has 30 heavy (non-hydrogen) atoms. The van der Waals surface area contributed by atoms with E-state index in [2.05, 4.69) is 4.98 Å². The van der Waals surface area contributed by atoms with Gasteiger partial charge in [-0.05, 0) is 49.6 Å². The number of nitrogens with zero attached hydrogens (tertiary/aromatic N) is 3. The maximum absolute atomic E-state index is 13.1. The molecule has 5 rings (SSSR count). The van der Waals surface area contributed by atoms with Gasteiger partial charge in [-0.15, -0.1) is 11.3 Å². The van der Waals surface area contributed by atoms with Gasteiger partial charge in [0.05, 0.1) is 28.4 Å². The SMILES string of the molecule is COc1ccccc1CCC(=O)N1C[C@@H]2C[C@H]1C(=O)N2c1ccc2sc(C)nc2c1. The highest BCUT2D eigenvalue weighted by atomic mass is 32.1. The van der Waals surface area contributed by atoms with E-state index in [0.717, 1.165) is 32.2 Å². The molecular formula is C23H23N3O3S. The Morgan fingerprint density at radius 1 is 1.27 bits per heavy atom. The monoisotopic (exact) mass is 421 g/mol. The molecule has 1 aromatic heterocycles. The van der Waals surface area contributed by atoms with E-state index in [1.165, 1.54) is 0 Å². The standard InChI is InChI=1S/C23H23N3O3S/c1-14-24-18-11-16(8-9-21(18)30-14)26-17-12-19(23(26)28)25(13-17)22(27)10-7-15-5-3-4-6-20(15)29-2/h3-6,8-9,11,17,19H,7,10,12-13H2,1-2H3/t17-,19-/m0/s1. The number of rotatable bonds is 5. The molecule has 7 heteroatoms. The summed E-state index contributed by atoms with van der Waals surface area (Å²) in [5.74, 6) is 0.846. The van der Waals surface area contributed by atoms with Gasteiger partial charge in [0, 0.05) is 18.7 Å². The molecule has 2 saturated heterocycles. The highest BCUT2D eigenvalue weighted by molar-refractivity contribution is 7.18. The summed E-state index contributed by atoms with van der Waals surface area (Å²) >= 11 is 1.65. The predicted octanol–water partition coefficient (Wildman–Crippen LogP) is 3.56. The van der Waals surface area contributed by atoms with Gasteiger partial charge in [0.15, 0.2) is 0 Å². The number of piperazine rings is 1. The summed E-state index contributed by atoms with van der Waals surface area (Å²) in [6.07, 6.45) is 1.68. The Labute approximate surface area is 179 Å². The van der Waals surface area contributed by atoms with Gasteiger partial charge in [-0.3, -0.25) is 9.59 Å². The largest absolute Gasteiger partial charge is 0.496 e. The van der Waals surface area contributed by atoms with Gasteiger partial charge in [-0.25, -0.2) is 4.98 Å². The minimum Gasteiger partial charge on any atom is -0.496 e. The van der Waals surface area contributed by atoms with Crippen molar-refractivity contribution in [3.63, 3.8) is 0 Å². The fraction of sp³-hybridized carbons (Fsp3) is 0.348. The molecule has 0 radical (unpaired) electrons. The van der Waals surface area contributed by atoms with Crippen molar-refractivity contribution in [1.82, 2.24) is 9.88 Å². The number of fused-ring (bicyclic) bond motifs is 3. The minimum absolute atomic E-state index is 0.0168. The van der Waals surface area contributed by atoms with E-state index in [4.69, 9.17) is 4.74 Å². The van der Waals surface area contributed by atoms with Crippen molar-refractivity contribution in [2.75, 3.05) is 18.6 Å². The fourth-order valence-electron chi connectivity index (χ4n) is 4.66. The van der Waals surface area contributed by atoms with Gasteiger partial charge in [-0.1, -0.05) is 18.2 Å². The number of benzene rings is 2. The second-order valence-corrected chi connectivity index (χ2v) is 9.09. The lowest BCUT2D eigenvalue weighted by Crippen LogP contribution is -2.52. The van der Waals surface area contributed by atoms with Crippen LogP contribution in [0.4, 0.5) is 5.69 Å². The normalized spacial score (nSPS) is 20.4. The van der Waals surface area contributed by atoms with Crippen LogP contribution in [0, 0.1) is 6.92 Å². The molecule has 0 spiro atoms. The molecule has 3 aromatic rings. The third-order valence-electron chi connectivity index (χ3n) is 6.04. The Morgan fingerprint density at radius 2 is 2.10 bits per heavy atom. The Hall–Kier alpha value is -2.93. The Bertz CT molecular complexity index is 1140. The molecule has 0 unspecified atom stereocenters. The number of amides is 2. The van der Waals surface area contributed by atoms with E-state index in [9.17, 15) is 9.59 Å². The van der Waals surface area contributed by atoms with Crippen LogP contribution in [-0.4, -0.2) is 47.4 Å². The van der Waals surface area contributed by atoms with Gasteiger partial charge >= 0.3 is 0 Å². The molecule has 2 bridgehead atoms. The lowest BCUT2D eigenvalue weighted by Gasteiger charge is -2.34. The minimum atomic E-state index is -0.354. The fourth-order valence-corrected chi connectivity index (χ4v) is 5.47. The van der Waals surface area contributed by atoms with Crippen molar-refractivity contribution in [2.24, 2.45) is 0 Å². The van der Waals surface area contributed by atoms with Gasteiger partial charge in [0.1, 0.15) is 11.8 Å². The molecule has 0 N–H and O–H groups in total. The summed E-state index contributed by atoms with van der Waals surface area (Å²) in [6, 6.07) is 13.4. The van der Waals surface area contributed by atoms with Crippen LogP contribution in [-0.2, 0) is 16.0 Å². The number of carbonyl (C=O) groups is 2. The number of likely N-dealkylation sites (tertiary alicyclic amines) is 1. The number of aryl methyl sites for hydroxylation is 2. The van der Waals surface area contributed by atoms with E-state index in [-0.39, 0.29) is 23.9 Å². The highest BCUT2D eigenvalue weighted by Gasteiger charge is 2.51. The van der Waals surface area contributed by atoms with E-state index in [0.29, 0.717) is 25.8 Å². The molecule has 2 aliphatic rings. The van der Waals surface area contributed by atoms with E-state index in [1.54, 1.807) is 23.3 Å². The number of anilines is 1. The first kappa shape index (κ1) is 19.1. The average molecular weight is 422 g/mol. The maximum atomic E-state index is 13.1. The summed E-state index contributed by atoms with van der Waals surface area (Å²) in [7, 11) is 1.64. The van der Waals surface area contributed by atoms with Crippen LogP contribution in [0.1, 0.15) is 23.4 Å². The van der Waals surface area contributed by atoms with Crippen molar-refractivity contribution in [2.45, 2.75) is 38.3 Å². The Balaban J connectivity index is 1.29. The molecule has 0 saturated carbocycles. The van der Waals surface area contributed by atoms with Gasteiger partial charge in [-0.2, -0.15) is 0 Å². The van der Waals surface area contributed by atoms with Crippen molar-refractivity contribution in [3.05, 3.63) is 53.0 Å². The lowest BCUT2D eigenvalue weighted by molar-refractivity contribution is -0.138. The van der Waals surface area contributed by atoms with Crippen LogP contribution in [0.25, 0.3) is 10.2 Å². The second-order valence-electron chi connectivity index (χ2n) is 7.86. The van der Waals surface area contributed by atoms with Crippen LogP contribution >= 0.6 is 11.3 Å². The van der Waals surface area contributed by atoms with Gasteiger partial charge in [0.25, 0.3) is 0 Å². The first-order valence-electron chi connectivity index (χ1n) is 10.2. The van der Waals surface area contributed by atoms with Gasteiger partial charge in [0.2, 0.25) is 11.8 Å². The van der Waals surface area contributed by atoms with Crippen molar-refractivity contribution < 1.29 is 14.3 Å². The molecule has 3 heterocycles. The molecule has 0 aliphatic carbocycles. The van der Waals surface area contributed by atoms with Crippen LogP contribution < -0.4 is 9.64 Å². The number of thiazole rings is 1. The lowest BCUT2D eigenvalue weighted by atomic mass is 10.1. The number of para-hydroxylation sites is 1.